The first-order chi connectivity index (χ1) is 26.1. The van der Waals surface area contributed by atoms with E-state index in [0.717, 1.165) is 6.42 Å². The number of amides is 5. The molecule has 10 N–H and O–H groups in total. The number of Topliss-reactive ketones (excluding diaryl/α,β-unsaturated/α-hetero) is 1. The van der Waals surface area contributed by atoms with E-state index in [0.29, 0.717) is 36.2 Å². The summed E-state index contributed by atoms with van der Waals surface area (Å²) in [6.07, 6.45) is 1.43. The van der Waals surface area contributed by atoms with Crippen molar-refractivity contribution in [1.29, 1.82) is 0 Å². The number of nitrogens with one attached hydrogen (secondary N) is 5. The van der Waals surface area contributed by atoms with Crippen molar-refractivity contribution >= 4 is 35.3 Å². The molecule has 3 aromatic rings. The van der Waals surface area contributed by atoms with E-state index >= 15 is 0 Å². The summed E-state index contributed by atoms with van der Waals surface area (Å²) in [7, 11) is 0. The quantitative estimate of drug-likeness (QED) is 0.0731. The molecule has 0 fully saturated rings. The summed E-state index contributed by atoms with van der Waals surface area (Å²) in [5.74, 6) is -1.94. The topological polar surface area (TPSA) is 264 Å². The number of aliphatic hydroxyl groups excluding tert-OH is 5. The molecule has 3 rings (SSSR count). The van der Waals surface area contributed by atoms with Gasteiger partial charge in [-0.2, -0.15) is 0 Å². The van der Waals surface area contributed by atoms with Crippen LogP contribution in [0.1, 0.15) is 88.3 Å². The van der Waals surface area contributed by atoms with E-state index in [1.54, 1.807) is 42.5 Å². The first-order valence-electron chi connectivity index (χ1n) is 17.3. The summed E-state index contributed by atoms with van der Waals surface area (Å²) in [5.41, 5.74) is 1.93. The van der Waals surface area contributed by atoms with Gasteiger partial charge in [-0.3, -0.25) is 28.8 Å². The molecule has 0 saturated carbocycles. The Morgan fingerprint density at radius 3 is 1.19 bits per heavy atom. The Morgan fingerprint density at radius 2 is 0.778 bits per heavy atom. The predicted octanol–water partition coefficient (Wildman–Crippen LogP) is 0.0432. The lowest BCUT2D eigenvalue weighted by molar-refractivity contribution is 0.0930. The third-order valence-electron chi connectivity index (χ3n) is 6.89. The Labute approximate surface area is 314 Å². The van der Waals surface area contributed by atoms with Crippen LogP contribution in [0.2, 0.25) is 0 Å². The van der Waals surface area contributed by atoms with Crippen LogP contribution < -0.4 is 26.6 Å². The summed E-state index contributed by atoms with van der Waals surface area (Å²) < 4.78 is 0. The van der Waals surface area contributed by atoms with Gasteiger partial charge < -0.3 is 52.1 Å². The molecule has 0 spiro atoms. The molecule has 0 heterocycles. The summed E-state index contributed by atoms with van der Waals surface area (Å²) in [5, 5.41) is 56.0. The Hall–Kier alpha value is -5.52. The minimum absolute atomic E-state index is 0.0254. The minimum atomic E-state index is -0.495. The van der Waals surface area contributed by atoms with Crippen molar-refractivity contribution < 1.29 is 54.3 Å². The Kier molecular flexibility index (Phi) is 24.1. The normalized spacial score (nSPS) is 9.96. The monoisotopic (exact) mass is 753 g/mol. The average Bonchev–Trinajstić information content (AvgIpc) is 3.21. The van der Waals surface area contributed by atoms with Gasteiger partial charge in [0.05, 0.1) is 26.4 Å². The van der Waals surface area contributed by atoms with E-state index in [1.807, 2.05) is 13.0 Å². The highest BCUT2D eigenvalue weighted by Gasteiger charge is 2.16. The molecule has 3 aromatic carbocycles. The molecule has 5 amide bonds. The van der Waals surface area contributed by atoms with Crippen molar-refractivity contribution in [3.05, 3.63) is 106 Å². The van der Waals surface area contributed by atoms with Crippen molar-refractivity contribution in [2.24, 2.45) is 0 Å². The number of aliphatic hydroxyl groups is 5. The first-order valence-corrected chi connectivity index (χ1v) is 17.3. The molecule has 0 atom stereocenters. The number of benzene rings is 3. The second-order valence-electron chi connectivity index (χ2n) is 11.2. The summed E-state index contributed by atoms with van der Waals surface area (Å²) >= 11 is 0. The Balaban J connectivity index is 0.000000428. The smallest absolute Gasteiger partial charge is 0.251 e. The molecular formula is C38H51N5O11. The molecular weight excluding hydrogens is 702 g/mol. The standard InChI is InChI=1S/C16H23N3O5.C13H17NO4.C9H11NO2/c1-2-3-17-14(22)11-8-12(15(23)18-4-6-20)10-13(9-11)16(24)19-5-7-21;15-7-2-5-12(17)10-3-1-4-11(9-10)13(18)14-6-8-16;11-7-6-10-9(12)8-4-2-1-3-5-8/h8-10,20-21H,2-7H2,1H3,(H,17,22)(H,18,23)(H,19,24);1,3-4,9,15-16H,2,5-8H2,(H,14,18);1-5,11H,6-7H2,(H,10,12). The molecule has 294 valence electrons. The maximum Gasteiger partial charge on any atom is 0.251 e. The van der Waals surface area contributed by atoms with Crippen LogP contribution in [0.15, 0.2) is 72.8 Å². The second-order valence-corrected chi connectivity index (χ2v) is 11.2. The van der Waals surface area contributed by atoms with Crippen molar-refractivity contribution in [3.8, 4) is 0 Å². The average molecular weight is 754 g/mol. The van der Waals surface area contributed by atoms with Crippen LogP contribution in [0, 0.1) is 0 Å². The van der Waals surface area contributed by atoms with Gasteiger partial charge in [-0.15, -0.1) is 0 Å². The second kappa shape index (κ2) is 28.0. The molecule has 54 heavy (non-hydrogen) atoms. The molecule has 0 radical (unpaired) electrons. The maximum atomic E-state index is 12.1. The zero-order valence-electron chi connectivity index (χ0n) is 30.3. The molecule has 0 saturated heterocycles. The van der Waals surface area contributed by atoms with Crippen LogP contribution in [0.5, 0.6) is 0 Å². The molecule has 0 bridgehead atoms. The highest BCUT2D eigenvalue weighted by molar-refractivity contribution is 6.04. The van der Waals surface area contributed by atoms with Crippen molar-refractivity contribution in [1.82, 2.24) is 26.6 Å². The molecule has 0 unspecified atom stereocenters. The van der Waals surface area contributed by atoms with Gasteiger partial charge in [0.15, 0.2) is 5.78 Å². The summed E-state index contributed by atoms with van der Waals surface area (Å²) in [6, 6.07) is 19.4. The van der Waals surface area contributed by atoms with E-state index in [9.17, 15) is 28.8 Å². The number of hydrogen-bond donors (Lipinski definition) is 10. The van der Waals surface area contributed by atoms with Crippen molar-refractivity contribution in [2.75, 3.05) is 65.8 Å². The SMILES string of the molecule is CCCNC(=O)c1cc(C(=O)NCCO)cc(C(=O)NCCO)c1.O=C(CCCO)c1cccc(C(=O)NCCO)c1.O=C(NCCO)c1ccccc1. The molecule has 0 aliphatic rings. The fourth-order valence-corrected chi connectivity index (χ4v) is 4.25. The first kappa shape index (κ1) is 46.5. The van der Waals surface area contributed by atoms with E-state index < -0.39 is 11.8 Å². The summed E-state index contributed by atoms with van der Waals surface area (Å²) in [4.78, 5) is 70.7. The van der Waals surface area contributed by atoms with Gasteiger partial charge in [-0.25, -0.2) is 0 Å². The Morgan fingerprint density at radius 1 is 0.426 bits per heavy atom. The van der Waals surface area contributed by atoms with Crippen molar-refractivity contribution in [2.45, 2.75) is 26.2 Å². The third kappa shape index (κ3) is 18.3. The highest BCUT2D eigenvalue weighted by Crippen LogP contribution is 2.12. The minimum Gasteiger partial charge on any atom is -0.396 e. The molecule has 16 nitrogen and oxygen atoms in total. The van der Waals surface area contributed by atoms with Gasteiger partial charge in [0, 0.05) is 79.1 Å². The van der Waals surface area contributed by atoms with Crippen LogP contribution in [0.3, 0.4) is 0 Å². The zero-order valence-corrected chi connectivity index (χ0v) is 30.3. The van der Waals surface area contributed by atoms with Gasteiger partial charge in [-0.05, 0) is 55.3 Å². The van der Waals surface area contributed by atoms with Gasteiger partial charge in [0.25, 0.3) is 29.5 Å². The third-order valence-corrected chi connectivity index (χ3v) is 6.89. The van der Waals surface area contributed by atoms with E-state index in [4.69, 9.17) is 25.5 Å². The lowest BCUT2D eigenvalue weighted by atomic mass is 10.0. The summed E-state index contributed by atoms with van der Waals surface area (Å²) in [6.45, 7) is 2.39. The van der Waals surface area contributed by atoms with Gasteiger partial charge in [-0.1, -0.05) is 37.3 Å². The van der Waals surface area contributed by atoms with Crippen LogP contribution in [-0.2, 0) is 0 Å². The molecule has 0 aromatic heterocycles. The predicted molar refractivity (Wildman–Crippen MR) is 200 cm³/mol. The van der Waals surface area contributed by atoms with E-state index in [-0.39, 0.29) is 99.3 Å². The number of carbonyl (C=O) groups is 6. The number of ketones is 1. The van der Waals surface area contributed by atoms with Crippen LogP contribution in [0.4, 0.5) is 0 Å². The molecule has 16 heteroatoms. The number of rotatable bonds is 19. The Bertz CT molecular complexity index is 1490. The fourth-order valence-electron chi connectivity index (χ4n) is 4.25. The van der Waals surface area contributed by atoms with Gasteiger partial charge in [0.1, 0.15) is 0 Å². The molecule has 0 aliphatic carbocycles. The zero-order chi connectivity index (χ0) is 40.1. The van der Waals surface area contributed by atoms with Crippen LogP contribution >= 0.6 is 0 Å². The molecule has 0 aliphatic heterocycles. The van der Waals surface area contributed by atoms with Gasteiger partial charge >= 0.3 is 0 Å². The number of hydrogen-bond acceptors (Lipinski definition) is 11. The van der Waals surface area contributed by atoms with Crippen LogP contribution in [-0.4, -0.2) is 127 Å². The fraction of sp³-hybridized carbons (Fsp3) is 0.368. The van der Waals surface area contributed by atoms with E-state index in [1.165, 1.54) is 24.3 Å². The van der Waals surface area contributed by atoms with Crippen molar-refractivity contribution in [3.63, 3.8) is 0 Å². The maximum absolute atomic E-state index is 12.1. The lowest BCUT2D eigenvalue weighted by Gasteiger charge is -2.10. The largest absolute Gasteiger partial charge is 0.396 e. The van der Waals surface area contributed by atoms with E-state index in [2.05, 4.69) is 26.6 Å². The highest BCUT2D eigenvalue weighted by atomic mass is 16.3. The van der Waals surface area contributed by atoms with Gasteiger partial charge in [0.2, 0.25) is 0 Å². The van der Waals surface area contributed by atoms with Crippen LogP contribution in [0.25, 0.3) is 0 Å². The lowest BCUT2D eigenvalue weighted by Crippen LogP contribution is -2.30. The number of carbonyl (C=O) groups excluding carboxylic acids is 6.